The minimum atomic E-state index is -0.311. The molecule has 13 heavy (non-hydrogen) atoms. The van der Waals surface area contributed by atoms with Gasteiger partial charge in [0.25, 0.3) is 0 Å². The first-order chi connectivity index (χ1) is 5.38. The summed E-state index contributed by atoms with van der Waals surface area (Å²) in [6, 6.07) is 0.317. The molecule has 0 spiro atoms. The fourth-order valence-electron chi connectivity index (χ4n) is 2.50. The average molecular weight is 258 g/mol. The van der Waals surface area contributed by atoms with E-state index in [2.05, 4.69) is 5.32 Å². The van der Waals surface area contributed by atoms with Crippen LogP contribution in [0.1, 0.15) is 32.1 Å². The number of piperidine rings is 1. The number of hydrogen-bond acceptors (Lipinski definition) is 2. The van der Waals surface area contributed by atoms with Crippen molar-refractivity contribution in [3.8, 4) is 0 Å². The van der Waals surface area contributed by atoms with Gasteiger partial charge in [0.15, 0.2) is 0 Å². The Kier molecular flexibility index (Phi) is 7.21. The Labute approximate surface area is 107 Å². The zero-order valence-electron chi connectivity index (χ0n) is 7.97. The molecule has 4 heteroatoms. The molecule has 1 saturated carbocycles. The average Bonchev–Trinajstić information content (AvgIpc) is 2.06. The van der Waals surface area contributed by atoms with Gasteiger partial charge in [-0.2, -0.15) is 0 Å². The van der Waals surface area contributed by atoms with Crippen LogP contribution >= 0.6 is 0 Å². The molecule has 1 saturated heterocycles. The van der Waals surface area contributed by atoms with Gasteiger partial charge in [-0.1, -0.05) is 12.8 Å². The molecule has 1 N–H and O–H groups in total. The van der Waals surface area contributed by atoms with Crippen molar-refractivity contribution in [1.29, 1.82) is 0 Å². The Hall–Kier alpha value is 1.17. The molecular weight excluding hydrogens is 242 g/mol. The van der Waals surface area contributed by atoms with Gasteiger partial charge in [-0.25, -0.2) is 0 Å². The molecule has 1 aliphatic heterocycles. The van der Waals surface area contributed by atoms with Crippen LogP contribution in [0.4, 0.5) is 0 Å². The Bertz CT molecular complexity index is 146. The summed E-state index contributed by atoms with van der Waals surface area (Å²) in [6.45, 7) is 1.07. The van der Waals surface area contributed by atoms with E-state index in [0.29, 0.717) is 12.0 Å². The van der Waals surface area contributed by atoms with Crippen LogP contribution < -0.4 is 27.4 Å². The van der Waals surface area contributed by atoms with Crippen LogP contribution in [0, 0.1) is 5.92 Å². The SMILES string of the molecule is [Br-].[Mg+2].[O-]C1CCCC2CCCNC12. The van der Waals surface area contributed by atoms with Gasteiger partial charge in [0.1, 0.15) is 0 Å². The van der Waals surface area contributed by atoms with E-state index in [1.54, 1.807) is 0 Å². The Morgan fingerprint density at radius 1 is 1.08 bits per heavy atom. The first-order valence-electron chi connectivity index (χ1n) is 4.77. The van der Waals surface area contributed by atoms with Gasteiger partial charge in [0.2, 0.25) is 0 Å². The summed E-state index contributed by atoms with van der Waals surface area (Å²) in [5, 5.41) is 14.8. The molecule has 0 bridgehead atoms. The van der Waals surface area contributed by atoms with Gasteiger partial charge in [-0.3, -0.25) is 0 Å². The van der Waals surface area contributed by atoms with Crippen molar-refractivity contribution in [3.05, 3.63) is 0 Å². The Morgan fingerprint density at radius 2 is 1.77 bits per heavy atom. The van der Waals surface area contributed by atoms with Crippen molar-refractivity contribution in [1.82, 2.24) is 5.32 Å². The number of rotatable bonds is 0. The fraction of sp³-hybridized carbons (Fsp3) is 1.00. The second kappa shape index (κ2) is 6.61. The zero-order chi connectivity index (χ0) is 7.68. The van der Waals surface area contributed by atoms with E-state index in [0.717, 1.165) is 19.4 Å². The van der Waals surface area contributed by atoms with E-state index in [1.807, 2.05) is 0 Å². The van der Waals surface area contributed by atoms with Crippen LogP contribution in [0.15, 0.2) is 0 Å². The summed E-state index contributed by atoms with van der Waals surface area (Å²) >= 11 is 0. The molecule has 72 valence electrons. The van der Waals surface area contributed by atoms with Gasteiger partial charge in [-0.15, -0.1) is 6.10 Å². The van der Waals surface area contributed by atoms with Crippen molar-refractivity contribution in [2.75, 3.05) is 6.54 Å². The molecule has 1 heterocycles. The first kappa shape index (κ1) is 14.2. The minimum Gasteiger partial charge on any atom is -1.00 e. The molecule has 0 aromatic rings. The molecule has 0 radical (unpaired) electrons. The molecule has 1 aliphatic carbocycles. The third-order valence-corrected chi connectivity index (χ3v) is 3.10. The molecule has 2 nitrogen and oxygen atoms in total. The molecule has 2 aliphatic rings. The maximum atomic E-state index is 11.4. The van der Waals surface area contributed by atoms with E-state index in [4.69, 9.17) is 0 Å². The topological polar surface area (TPSA) is 35.1 Å². The van der Waals surface area contributed by atoms with E-state index < -0.39 is 0 Å². The largest absolute Gasteiger partial charge is 2.00 e. The van der Waals surface area contributed by atoms with E-state index in [1.165, 1.54) is 19.3 Å². The molecule has 0 aromatic carbocycles. The monoisotopic (exact) mass is 257 g/mol. The van der Waals surface area contributed by atoms with Crippen LogP contribution in [0.2, 0.25) is 0 Å². The van der Waals surface area contributed by atoms with Crippen molar-refractivity contribution in [2.24, 2.45) is 5.92 Å². The molecule has 3 atom stereocenters. The van der Waals surface area contributed by atoms with Crippen molar-refractivity contribution < 1.29 is 22.1 Å². The summed E-state index contributed by atoms with van der Waals surface area (Å²) in [5.41, 5.74) is 0. The van der Waals surface area contributed by atoms with Gasteiger partial charge in [0, 0.05) is 0 Å². The number of nitrogens with one attached hydrogen (secondary N) is 1. The normalized spacial score (nSPS) is 38.1. The van der Waals surface area contributed by atoms with Crippen LogP contribution in [0.3, 0.4) is 0 Å². The van der Waals surface area contributed by atoms with E-state index in [-0.39, 0.29) is 46.1 Å². The summed E-state index contributed by atoms with van der Waals surface area (Å²) in [7, 11) is 0. The Morgan fingerprint density at radius 3 is 2.46 bits per heavy atom. The van der Waals surface area contributed by atoms with Crippen LogP contribution in [-0.4, -0.2) is 41.7 Å². The first-order valence-corrected chi connectivity index (χ1v) is 4.77. The summed E-state index contributed by atoms with van der Waals surface area (Å²) in [6.07, 6.45) is 5.60. The molecule has 3 unspecified atom stereocenters. The van der Waals surface area contributed by atoms with Gasteiger partial charge >= 0.3 is 23.1 Å². The number of halogens is 1. The second-order valence-corrected chi connectivity index (χ2v) is 3.85. The zero-order valence-corrected chi connectivity index (χ0v) is 11.0. The summed E-state index contributed by atoms with van der Waals surface area (Å²) < 4.78 is 0. The third-order valence-electron chi connectivity index (χ3n) is 3.10. The van der Waals surface area contributed by atoms with E-state index in [9.17, 15) is 5.11 Å². The van der Waals surface area contributed by atoms with Crippen molar-refractivity contribution >= 4 is 23.1 Å². The van der Waals surface area contributed by atoms with Gasteiger partial charge in [-0.05, 0) is 37.8 Å². The minimum absolute atomic E-state index is 0. The van der Waals surface area contributed by atoms with Gasteiger partial charge in [0.05, 0.1) is 0 Å². The van der Waals surface area contributed by atoms with Crippen molar-refractivity contribution in [2.45, 2.75) is 44.2 Å². The molecular formula is C9H16BrMgNO. The maximum Gasteiger partial charge on any atom is 2.00 e. The second-order valence-electron chi connectivity index (χ2n) is 3.85. The standard InChI is InChI=1S/C9H16NO.BrH.Mg/c11-8-5-1-3-7-4-2-6-10-9(7)8;;/h7-10H,1-6H2;1H;/q-1;;+2/p-1. The van der Waals surface area contributed by atoms with Crippen LogP contribution in [0.5, 0.6) is 0 Å². The predicted octanol–water partition coefficient (Wildman–Crippen LogP) is -3.11. The summed E-state index contributed by atoms with van der Waals surface area (Å²) in [5.74, 6) is 0.708. The van der Waals surface area contributed by atoms with Crippen LogP contribution in [-0.2, 0) is 0 Å². The fourth-order valence-corrected chi connectivity index (χ4v) is 2.50. The molecule has 2 fully saturated rings. The predicted molar refractivity (Wildman–Crippen MR) is 47.9 cm³/mol. The number of fused-ring (bicyclic) bond motifs is 1. The summed E-state index contributed by atoms with van der Waals surface area (Å²) in [4.78, 5) is 0. The third kappa shape index (κ3) is 3.34. The quantitative estimate of drug-likeness (QED) is 0.467. The van der Waals surface area contributed by atoms with Crippen molar-refractivity contribution in [3.63, 3.8) is 0 Å². The van der Waals surface area contributed by atoms with E-state index >= 15 is 0 Å². The van der Waals surface area contributed by atoms with Crippen LogP contribution in [0.25, 0.3) is 0 Å². The molecule has 2 rings (SSSR count). The smallest absolute Gasteiger partial charge is 1.00 e. The van der Waals surface area contributed by atoms with Gasteiger partial charge < -0.3 is 27.4 Å². The Balaban J connectivity index is 0.000000720. The molecule has 0 amide bonds. The maximum absolute atomic E-state index is 11.4. The molecule has 0 aromatic heterocycles. The number of hydrogen-bond donors (Lipinski definition) is 1.